The number of hydrogen-bond donors (Lipinski definition) is 2. The molecule has 0 spiro atoms. The van der Waals surface area contributed by atoms with Crippen LogP contribution in [0, 0.1) is 10.1 Å². The highest BCUT2D eigenvalue weighted by atomic mass is 32.2. The third-order valence-electron chi connectivity index (χ3n) is 2.80. The van der Waals surface area contributed by atoms with Gasteiger partial charge in [0.05, 0.1) is 16.7 Å². The minimum Gasteiger partial charge on any atom is -0.398 e. The zero-order valence-electron chi connectivity index (χ0n) is 11.0. The molecule has 1 aromatic heterocycles. The predicted octanol–water partition coefficient (Wildman–Crippen LogP) is 2.28. The number of hydrogen-bond acceptors (Lipinski definition) is 6. The minimum absolute atomic E-state index is 0.0357. The molecule has 0 amide bonds. The summed E-state index contributed by atoms with van der Waals surface area (Å²) in [6, 6.07) is 6.49. The van der Waals surface area contributed by atoms with Crippen molar-refractivity contribution in [1.82, 2.24) is 4.72 Å². The molecule has 1 aromatic carbocycles. The fourth-order valence-corrected chi connectivity index (χ4v) is 3.94. The van der Waals surface area contributed by atoms with Gasteiger partial charge in [-0.15, -0.1) is 11.3 Å². The molecule has 21 heavy (non-hydrogen) atoms. The van der Waals surface area contributed by atoms with Gasteiger partial charge in [-0.05, 0) is 24.4 Å². The molecule has 2 aromatic rings. The van der Waals surface area contributed by atoms with Crippen molar-refractivity contribution in [3.05, 3.63) is 50.7 Å². The first-order valence-electron chi connectivity index (χ1n) is 5.91. The Morgan fingerprint density at radius 2 is 2.10 bits per heavy atom. The number of nitro benzene ring substituents is 1. The third-order valence-corrected chi connectivity index (χ3v) is 5.45. The smallest absolute Gasteiger partial charge is 0.270 e. The van der Waals surface area contributed by atoms with Crippen molar-refractivity contribution in [3.8, 4) is 0 Å². The van der Waals surface area contributed by atoms with Crippen molar-refractivity contribution < 1.29 is 13.3 Å². The van der Waals surface area contributed by atoms with Crippen LogP contribution < -0.4 is 10.5 Å². The average Bonchev–Trinajstić information content (AvgIpc) is 2.92. The number of benzene rings is 1. The molecular formula is C12H13N3O4S2. The minimum atomic E-state index is -3.95. The standard InChI is InChI=1S/C12H13N3O4S2/c1-8(11-3-2-6-20-11)14-21(18,19)12-7-9(15(16)17)4-5-10(12)13/h2-8,14H,13H2,1H3. The number of anilines is 1. The van der Waals surface area contributed by atoms with Crippen molar-refractivity contribution in [2.75, 3.05) is 5.73 Å². The van der Waals surface area contributed by atoms with E-state index < -0.39 is 21.0 Å². The van der Waals surface area contributed by atoms with Crippen LogP contribution in [0.15, 0.2) is 40.6 Å². The van der Waals surface area contributed by atoms with Crippen LogP contribution in [0.5, 0.6) is 0 Å². The van der Waals surface area contributed by atoms with Gasteiger partial charge in [0.2, 0.25) is 10.0 Å². The lowest BCUT2D eigenvalue weighted by atomic mass is 10.3. The second-order valence-corrected chi connectivity index (χ2v) is 7.00. The maximum Gasteiger partial charge on any atom is 0.270 e. The Labute approximate surface area is 125 Å². The van der Waals surface area contributed by atoms with Crippen molar-refractivity contribution in [2.24, 2.45) is 0 Å². The van der Waals surface area contributed by atoms with Gasteiger partial charge in [-0.1, -0.05) is 6.07 Å². The number of nitrogen functional groups attached to an aromatic ring is 1. The molecule has 0 saturated heterocycles. The Bertz CT molecular complexity index is 757. The summed E-state index contributed by atoms with van der Waals surface area (Å²) in [7, 11) is -3.95. The lowest BCUT2D eigenvalue weighted by Crippen LogP contribution is -2.27. The van der Waals surface area contributed by atoms with E-state index in [9.17, 15) is 18.5 Å². The predicted molar refractivity (Wildman–Crippen MR) is 80.6 cm³/mol. The highest BCUT2D eigenvalue weighted by Gasteiger charge is 2.23. The van der Waals surface area contributed by atoms with Crippen molar-refractivity contribution in [3.63, 3.8) is 0 Å². The van der Waals surface area contributed by atoms with E-state index in [0.29, 0.717) is 0 Å². The Balaban J connectivity index is 2.35. The summed E-state index contributed by atoms with van der Waals surface area (Å²) in [5.41, 5.74) is 5.27. The first-order chi connectivity index (χ1) is 9.81. The van der Waals surface area contributed by atoms with Gasteiger partial charge in [0.15, 0.2) is 0 Å². The summed E-state index contributed by atoms with van der Waals surface area (Å²) in [5, 5.41) is 12.6. The van der Waals surface area contributed by atoms with Crippen molar-refractivity contribution in [1.29, 1.82) is 0 Å². The van der Waals surface area contributed by atoms with Gasteiger partial charge in [0.1, 0.15) is 4.90 Å². The maximum atomic E-state index is 12.3. The molecule has 7 nitrogen and oxygen atoms in total. The van der Waals surface area contributed by atoms with Crippen LogP contribution in [0.1, 0.15) is 17.8 Å². The van der Waals surface area contributed by atoms with E-state index in [1.807, 2.05) is 11.4 Å². The van der Waals surface area contributed by atoms with Crippen LogP contribution in [0.4, 0.5) is 11.4 Å². The summed E-state index contributed by atoms with van der Waals surface area (Å²) in [4.78, 5) is 10.6. The molecular weight excluding hydrogens is 314 g/mol. The normalized spacial score (nSPS) is 13.0. The molecule has 0 radical (unpaired) electrons. The number of nitro groups is 1. The molecule has 0 aliphatic carbocycles. The number of nitrogens with one attached hydrogen (secondary N) is 1. The summed E-state index contributed by atoms with van der Waals surface area (Å²) in [6.45, 7) is 1.69. The van der Waals surface area contributed by atoms with Crippen LogP contribution in [-0.4, -0.2) is 13.3 Å². The molecule has 0 aliphatic heterocycles. The van der Waals surface area contributed by atoms with Crippen LogP contribution >= 0.6 is 11.3 Å². The van der Waals surface area contributed by atoms with E-state index in [-0.39, 0.29) is 16.3 Å². The Kier molecular flexibility index (Phi) is 4.26. The van der Waals surface area contributed by atoms with E-state index in [1.165, 1.54) is 17.4 Å². The molecule has 112 valence electrons. The van der Waals surface area contributed by atoms with Gasteiger partial charge >= 0.3 is 0 Å². The van der Waals surface area contributed by atoms with Gasteiger partial charge < -0.3 is 5.73 Å². The van der Waals surface area contributed by atoms with Crippen LogP contribution in [0.2, 0.25) is 0 Å². The molecule has 1 atom stereocenters. The highest BCUT2D eigenvalue weighted by molar-refractivity contribution is 7.89. The number of non-ortho nitro benzene ring substituents is 1. The first-order valence-corrected chi connectivity index (χ1v) is 8.27. The van der Waals surface area contributed by atoms with Crippen LogP contribution in [0.3, 0.4) is 0 Å². The molecule has 0 saturated carbocycles. The Morgan fingerprint density at radius 3 is 2.67 bits per heavy atom. The third kappa shape index (κ3) is 3.38. The van der Waals surface area contributed by atoms with Gasteiger partial charge in [-0.2, -0.15) is 0 Å². The molecule has 0 aliphatic rings. The quantitative estimate of drug-likeness (QED) is 0.496. The summed E-state index contributed by atoms with van der Waals surface area (Å²) >= 11 is 1.41. The number of sulfonamides is 1. The van der Waals surface area contributed by atoms with E-state index >= 15 is 0 Å². The van der Waals surface area contributed by atoms with Crippen LogP contribution in [0.25, 0.3) is 0 Å². The Hall–Kier alpha value is -1.97. The zero-order valence-corrected chi connectivity index (χ0v) is 12.6. The molecule has 9 heteroatoms. The molecule has 2 rings (SSSR count). The fourth-order valence-electron chi connectivity index (χ4n) is 1.76. The van der Waals surface area contributed by atoms with Gasteiger partial charge in [-0.25, -0.2) is 13.1 Å². The zero-order chi connectivity index (χ0) is 15.6. The van der Waals surface area contributed by atoms with Gasteiger partial charge in [0, 0.05) is 17.0 Å². The molecule has 3 N–H and O–H groups in total. The molecule has 1 unspecified atom stereocenters. The second-order valence-electron chi connectivity index (χ2n) is 4.34. The van der Waals surface area contributed by atoms with Crippen molar-refractivity contribution in [2.45, 2.75) is 17.9 Å². The maximum absolute atomic E-state index is 12.3. The van der Waals surface area contributed by atoms with Crippen molar-refractivity contribution >= 4 is 32.7 Å². The monoisotopic (exact) mass is 327 g/mol. The van der Waals surface area contributed by atoms with Crippen LogP contribution in [-0.2, 0) is 10.0 Å². The number of nitrogens with two attached hydrogens (primary N) is 1. The summed E-state index contributed by atoms with van der Waals surface area (Å²) in [5.74, 6) is 0. The highest BCUT2D eigenvalue weighted by Crippen LogP contribution is 2.26. The lowest BCUT2D eigenvalue weighted by molar-refractivity contribution is -0.385. The Morgan fingerprint density at radius 1 is 1.38 bits per heavy atom. The van der Waals surface area contributed by atoms with Gasteiger partial charge in [-0.3, -0.25) is 10.1 Å². The second kappa shape index (κ2) is 5.80. The van der Waals surface area contributed by atoms with E-state index in [1.54, 1.807) is 13.0 Å². The number of nitrogens with zero attached hydrogens (tertiary/aromatic N) is 1. The van der Waals surface area contributed by atoms with Gasteiger partial charge in [0.25, 0.3) is 5.69 Å². The van der Waals surface area contributed by atoms with E-state index in [0.717, 1.165) is 17.0 Å². The largest absolute Gasteiger partial charge is 0.398 e. The number of rotatable bonds is 5. The summed E-state index contributed by atoms with van der Waals surface area (Å²) < 4.78 is 27.1. The van der Waals surface area contributed by atoms with E-state index in [2.05, 4.69) is 4.72 Å². The summed E-state index contributed by atoms with van der Waals surface area (Å²) in [6.07, 6.45) is 0. The first kappa shape index (κ1) is 15.4. The average molecular weight is 327 g/mol. The molecule has 1 heterocycles. The fraction of sp³-hybridized carbons (Fsp3) is 0.167. The molecule has 0 bridgehead atoms. The van der Waals surface area contributed by atoms with E-state index in [4.69, 9.17) is 5.73 Å². The molecule has 0 fully saturated rings. The SMILES string of the molecule is CC(NS(=O)(=O)c1cc([N+](=O)[O-])ccc1N)c1cccs1. The number of thiophene rings is 1. The lowest BCUT2D eigenvalue weighted by Gasteiger charge is -2.14. The topological polar surface area (TPSA) is 115 Å².